The fraction of sp³-hybridized carbons (Fsp3) is 0.667. The Morgan fingerprint density at radius 2 is 2.38 bits per heavy atom. The van der Waals surface area contributed by atoms with Crippen LogP contribution in [0.4, 0.5) is 0 Å². The maximum absolute atomic E-state index is 10.9. The number of rotatable bonds is 7. The molecule has 0 amide bonds. The van der Waals surface area contributed by atoms with Crippen molar-refractivity contribution < 1.29 is 14.6 Å². The SMILES string of the molecule is COCCc1c(C(=O)O)nnn1CCSC. The summed E-state index contributed by atoms with van der Waals surface area (Å²) in [5.41, 5.74) is 0.654. The molecule has 0 atom stereocenters. The van der Waals surface area contributed by atoms with Crippen LogP contribution in [0.5, 0.6) is 0 Å². The van der Waals surface area contributed by atoms with Crippen LogP contribution in [0.2, 0.25) is 0 Å². The Morgan fingerprint density at radius 3 is 2.94 bits per heavy atom. The van der Waals surface area contributed by atoms with Gasteiger partial charge < -0.3 is 9.84 Å². The number of thioether (sulfide) groups is 1. The maximum atomic E-state index is 10.9. The molecule has 0 saturated carbocycles. The van der Waals surface area contributed by atoms with Crippen molar-refractivity contribution in [2.24, 2.45) is 0 Å². The van der Waals surface area contributed by atoms with Gasteiger partial charge in [0.1, 0.15) is 0 Å². The highest BCUT2D eigenvalue weighted by atomic mass is 32.2. The molecule has 1 aromatic rings. The minimum Gasteiger partial charge on any atom is -0.476 e. The summed E-state index contributed by atoms with van der Waals surface area (Å²) in [4.78, 5) is 10.9. The van der Waals surface area contributed by atoms with E-state index < -0.39 is 5.97 Å². The molecular weight excluding hydrogens is 230 g/mol. The van der Waals surface area contributed by atoms with Gasteiger partial charge in [-0.05, 0) is 6.26 Å². The zero-order valence-corrected chi connectivity index (χ0v) is 10.2. The number of ether oxygens (including phenoxy) is 1. The van der Waals surface area contributed by atoms with Crippen molar-refractivity contribution in [2.45, 2.75) is 13.0 Å². The van der Waals surface area contributed by atoms with Crippen LogP contribution in [0.25, 0.3) is 0 Å². The van der Waals surface area contributed by atoms with Gasteiger partial charge in [-0.1, -0.05) is 5.21 Å². The molecule has 16 heavy (non-hydrogen) atoms. The molecule has 0 aliphatic heterocycles. The van der Waals surface area contributed by atoms with Crippen molar-refractivity contribution in [1.82, 2.24) is 15.0 Å². The van der Waals surface area contributed by atoms with Crippen molar-refractivity contribution in [2.75, 3.05) is 25.7 Å². The van der Waals surface area contributed by atoms with E-state index in [-0.39, 0.29) is 5.69 Å². The first-order valence-electron chi connectivity index (χ1n) is 4.84. The van der Waals surface area contributed by atoms with Crippen molar-refractivity contribution in [3.8, 4) is 0 Å². The Bertz CT molecular complexity index is 354. The second-order valence-electron chi connectivity index (χ2n) is 3.15. The van der Waals surface area contributed by atoms with E-state index in [1.807, 2.05) is 6.26 Å². The predicted molar refractivity (Wildman–Crippen MR) is 60.9 cm³/mol. The molecule has 1 aromatic heterocycles. The minimum absolute atomic E-state index is 0.0261. The van der Waals surface area contributed by atoms with Gasteiger partial charge in [0, 0.05) is 19.3 Å². The number of carboxylic acid groups (broad SMARTS) is 1. The average molecular weight is 245 g/mol. The summed E-state index contributed by atoms with van der Waals surface area (Å²) in [6.07, 6.45) is 2.50. The normalized spacial score (nSPS) is 10.6. The molecule has 90 valence electrons. The van der Waals surface area contributed by atoms with Crippen LogP contribution >= 0.6 is 11.8 Å². The van der Waals surface area contributed by atoms with E-state index in [0.717, 1.165) is 5.75 Å². The van der Waals surface area contributed by atoms with Crippen molar-refractivity contribution in [3.05, 3.63) is 11.4 Å². The molecule has 1 heterocycles. The van der Waals surface area contributed by atoms with E-state index in [4.69, 9.17) is 9.84 Å². The van der Waals surface area contributed by atoms with Gasteiger partial charge in [-0.2, -0.15) is 11.8 Å². The molecule has 6 nitrogen and oxygen atoms in total. The molecule has 0 aliphatic carbocycles. The molecule has 0 unspecified atom stereocenters. The van der Waals surface area contributed by atoms with E-state index >= 15 is 0 Å². The lowest BCUT2D eigenvalue weighted by atomic mass is 10.2. The first-order chi connectivity index (χ1) is 7.70. The van der Waals surface area contributed by atoms with Crippen molar-refractivity contribution in [3.63, 3.8) is 0 Å². The summed E-state index contributed by atoms with van der Waals surface area (Å²) in [6.45, 7) is 1.13. The maximum Gasteiger partial charge on any atom is 0.358 e. The number of hydrogen-bond acceptors (Lipinski definition) is 5. The van der Waals surface area contributed by atoms with Gasteiger partial charge in [0.2, 0.25) is 0 Å². The van der Waals surface area contributed by atoms with E-state index in [1.165, 1.54) is 0 Å². The fourth-order valence-electron chi connectivity index (χ4n) is 1.30. The topological polar surface area (TPSA) is 77.2 Å². The van der Waals surface area contributed by atoms with Crippen LogP contribution in [0.15, 0.2) is 0 Å². The standard InChI is InChI=1S/C9H15N3O3S/c1-15-5-3-7-8(9(13)14)10-11-12(7)4-6-16-2/h3-6H2,1-2H3,(H,13,14). The van der Waals surface area contributed by atoms with Gasteiger partial charge in [0.25, 0.3) is 0 Å². The Kier molecular flexibility index (Phi) is 5.27. The van der Waals surface area contributed by atoms with E-state index in [2.05, 4.69) is 10.3 Å². The minimum atomic E-state index is -1.04. The smallest absolute Gasteiger partial charge is 0.358 e. The van der Waals surface area contributed by atoms with Gasteiger partial charge in [0.15, 0.2) is 5.69 Å². The molecule has 0 fully saturated rings. The number of nitrogens with zero attached hydrogens (tertiary/aromatic N) is 3. The van der Waals surface area contributed by atoms with Crippen LogP contribution in [-0.4, -0.2) is 51.8 Å². The molecule has 0 radical (unpaired) electrons. The number of methoxy groups -OCH3 is 1. The number of hydrogen-bond donors (Lipinski definition) is 1. The highest BCUT2D eigenvalue weighted by Gasteiger charge is 2.18. The first kappa shape index (κ1) is 13.0. The van der Waals surface area contributed by atoms with Crippen LogP contribution in [0, 0.1) is 0 Å². The van der Waals surface area contributed by atoms with E-state index in [0.29, 0.717) is 25.3 Å². The fourth-order valence-corrected chi connectivity index (χ4v) is 1.66. The van der Waals surface area contributed by atoms with Crippen molar-refractivity contribution >= 4 is 17.7 Å². The summed E-state index contributed by atoms with van der Waals surface area (Å²) < 4.78 is 6.58. The third-order valence-electron chi connectivity index (χ3n) is 2.09. The van der Waals surface area contributed by atoms with Crippen LogP contribution in [0.3, 0.4) is 0 Å². The number of aromatic nitrogens is 3. The monoisotopic (exact) mass is 245 g/mol. The van der Waals surface area contributed by atoms with E-state index in [1.54, 1.807) is 23.6 Å². The molecule has 0 aliphatic rings. The van der Waals surface area contributed by atoms with Crippen molar-refractivity contribution in [1.29, 1.82) is 0 Å². The number of carboxylic acids is 1. The lowest BCUT2D eigenvalue weighted by Gasteiger charge is -2.05. The number of carbonyl (C=O) groups is 1. The molecular formula is C9H15N3O3S. The zero-order valence-electron chi connectivity index (χ0n) is 9.34. The Balaban J connectivity index is 2.85. The Labute approximate surface area is 98.0 Å². The zero-order chi connectivity index (χ0) is 12.0. The van der Waals surface area contributed by atoms with Crippen LogP contribution in [-0.2, 0) is 17.7 Å². The highest BCUT2D eigenvalue weighted by molar-refractivity contribution is 7.98. The first-order valence-corrected chi connectivity index (χ1v) is 6.23. The lowest BCUT2D eigenvalue weighted by Crippen LogP contribution is -2.12. The summed E-state index contributed by atoms with van der Waals surface area (Å²) in [6, 6.07) is 0. The quantitative estimate of drug-likeness (QED) is 0.755. The van der Waals surface area contributed by atoms with Crippen LogP contribution < -0.4 is 0 Å². The molecule has 1 rings (SSSR count). The van der Waals surface area contributed by atoms with Gasteiger partial charge in [0.05, 0.1) is 18.8 Å². The lowest BCUT2D eigenvalue weighted by molar-refractivity contribution is 0.0688. The Morgan fingerprint density at radius 1 is 1.62 bits per heavy atom. The third-order valence-corrected chi connectivity index (χ3v) is 2.68. The molecule has 1 N–H and O–H groups in total. The number of aromatic carboxylic acids is 1. The second-order valence-corrected chi connectivity index (χ2v) is 4.13. The molecule has 0 saturated heterocycles. The van der Waals surface area contributed by atoms with Gasteiger partial charge in [-0.15, -0.1) is 5.10 Å². The summed E-state index contributed by atoms with van der Waals surface area (Å²) in [5, 5.41) is 16.5. The summed E-state index contributed by atoms with van der Waals surface area (Å²) in [7, 11) is 1.58. The molecule has 7 heteroatoms. The molecule has 0 spiro atoms. The van der Waals surface area contributed by atoms with E-state index in [9.17, 15) is 4.79 Å². The summed E-state index contributed by atoms with van der Waals surface area (Å²) >= 11 is 1.68. The molecule has 0 aromatic carbocycles. The molecule has 0 bridgehead atoms. The van der Waals surface area contributed by atoms with Crippen LogP contribution in [0.1, 0.15) is 16.2 Å². The Hall–Kier alpha value is -1.08. The largest absolute Gasteiger partial charge is 0.476 e. The summed E-state index contributed by atoms with van der Waals surface area (Å²) in [5.74, 6) is -0.163. The predicted octanol–water partition coefficient (Wildman–Crippen LogP) is 0.528. The van der Waals surface area contributed by atoms with Gasteiger partial charge in [-0.25, -0.2) is 9.48 Å². The highest BCUT2D eigenvalue weighted by Crippen LogP contribution is 2.08. The van der Waals surface area contributed by atoms with Gasteiger partial charge >= 0.3 is 5.97 Å². The van der Waals surface area contributed by atoms with Gasteiger partial charge in [-0.3, -0.25) is 0 Å². The average Bonchev–Trinajstić information content (AvgIpc) is 2.66. The third kappa shape index (κ3) is 3.21. The second kappa shape index (κ2) is 6.49. The number of aryl methyl sites for hydroxylation is 1.